The number of ketones is 1. The van der Waals surface area contributed by atoms with Crippen molar-refractivity contribution in [1.29, 1.82) is 0 Å². The molecule has 0 amide bonds. The van der Waals surface area contributed by atoms with Crippen LogP contribution in [0.3, 0.4) is 0 Å². The molecule has 0 aliphatic heterocycles. The van der Waals surface area contributed by atoms with Gasteiger partial charge in [0.1, 0.15) is 5.82 Å². The van der Waals surface area contributed by atoms with E-state index < -0.39 is 11.4 Å². The second kappa shape index (κ2) is 5.73. The highest BCUT2D eigenvalue weighted by Gasteiger charge is 2.30. The molecule has 1 atom stereocenters. The van der Waals surface area contributed by atoms with Crippen LogP contribution in [-0.2, 0) is 16.8 Å². The minimum Gasteiger partial charge on any atom is -0.315 e. The lowest BCUT2D eigenvalue weighted by Gasteiger charge is -2.23. The van der Waals surface area contributed by atoms with E-state index in [0.717, 1.165) is 0 Å². The van der Waals surface area contributed by atoms with Crippen molar-refractivity contribution in [3.8, 4) is 0 Å². The van der Waals surface area contributed by atoms with Crippen LogP contribution in [0, 0.1) is 5.82 Å². The molecule has 0 aromatic heterocycles. The van der Waals surface area contributed by atoms with Gasteiger partial charge >= 0.3 is 0 Å². The van der Waals surface area contributed by atoms with Gasteiger partial charge in [-0.3, -0.25) is 4.79 Å². The molecule has 1 unspecified atom stereocenters. The minimum atomic E-state index is -1.16. The molecule has 0 saturated carbocycles. The molecule has 0 saturated heterocycles. The van der Waals surface area contributed by atoms with Crippen LogP contribution in [0.15, 0.2) is 48.5 Å². The van der Waals surface area contributed by atoms with E-state index in [1.807, 2.05) is 18.2 Å². The molecule has 0 heterocycles. The fraction of sp³-hybridized carbons (Fsp3) is 0.188. The predicted octanol–water partition coefficient (Wildman–Crippen LogP) is 3.46. The van der Waals surface area contributed by atoms with Crippen LogP contribution >= 0.6 is 11.6 Å². The van der Waals surface area contributed by atoms with E-state index in [4.69, 9.17) is 17.3 Å². The van der Waals surface area contributed by atoms with Gasteiger partial charge in [-0.1, -0.05) is 54.1 Å². The van der Waals surface area contributed by atoms with E-state index in [2.05, 4.69) is 0 Å². The molecule has 2 aromatic rings. The van der Waals surface area contributed by atoms with Gasteiger partial charge in [0.25, 0.3) is 0 Å². The van der Waals surface area contributed by atoms with Crippen molar-refractivity contribution < 1.29 is 9.18 Å². The molecule has 20 heavy (non-hydrogen) atoms. The van der Waals surface area contributed by atoms with Gasteiger partial charge in [-0.2, -0.15) is 0 Å². The number of Topliss-reactive ketones (excluding diaryl/α,β-unsaturated/α-hetero) is 1. The van der Waals surface area contributed by atoms with Crippen molar-refractivity contribution in [2.45, 2.75) is 18.9 Å². The van der Waals surface area contributed by atoms with Crippen LogP contribution in [0.5, 0.6) is 0 Å². The number of halogens is 2. The Morgan fingerprint density at radius 2 is 1.85 bits per heavy atom. The smallest absolute Gasteiger partial charge is 0.161 e. The fourth-order valence-electron chi connectivity index (χ4n) is 1.99. The van der Waals surface area contributed by atoms with Crippen LogP contribution in [0.25, 0.3) is 0 Å². The summed E-state index contributed by atoms with van der Waals surface area (Å²) in [6, 6.07) is 13.6. The number of hydrogen-bond acceptors (Lipinski definition) is 2. The second-order valence-electron chi connectivity index (χ2n) is 4.88. The van der Waals surface area contributed by atoms with Crippen LogP contribution in [0.4, 0.5) is 4.39 Å². The maximum atomic E-state index is 13.8. The zero-order valence-corrected chi connectivity index (χ0v) is 11.8. The molecule has 0 aliphatic rings. The number of rotatable bonds is 4. The topological polar surface area (TPSA) is 43.1 Å². The normalized spacial score (nSPS) is 13.8. The molecule has 0 bridgehead atoms. The molecule has 2 N–H and O–H groups in total. The standard InChI is InChI=1S/C16H15ClFNO/c1-16(19,12-7-3-2-4-8-12)14(20)10-11-6-5-9-13(17)15(11)18/h2-9H,10,19H2,1H3. The summed E-state index contributed by atoms with van der Waals surface area (Å²) in [7, 11) is 0. The Morgan fingerprint density at radius 3 is 2.50 bits per heavy atom. The van der Waals surface area contributed by atoms with E-state index in [0.29, 0.717) is 5.56 Å². The highest BCUT2D eigenvalue weighted by atomic mass is 35.5. The van der Waals surface area contributed by atoms with Crippen molar-refractivity contribution in [3.05, 3.63) is 70.5 Å². The zero-order chi connectivity index (χ0) is 14.8. The van der Waals surface area contributed by atoms with Crippen molar-refractivity contribution in [3.63, 3.8) is 0 Å². The van der Waals surface area contributed by atoms with E-state index in [1.165, 1.54) is 6.07 Å². The fourth-order valence-corrected chi connectivity index (χ4v) is 2.18. The highest BCUT2D eigenvalue weighted by Crippen LogP contribution is 2.23. The SMILES string of the molecule is CC(N)(C(=O)Cc1cccc(Cl)c1F)c1ccccc1. The highest BCUT2D eigenvalue weighted by molar-refractivity contribution is 6.30. The maximum Gasteiger partial charge on any atom is 0.161 e. The zero-order valence-electron chi connectivity index (χ0n) is 11.1. The maximum absolute atomic E-state index is 13.8. The lowest BCUT2D eigenvalue weighted by atomic mass is 9.86. The first-order chi connectivity index (χ1) is 9.43. The first kappa shape index (κ1) is 14.7. The number of benzene rings is 2. The Kier molecular flexibility index (Phi) is 4.21. The molecular weight excluding hydrogens is 277 g/mol. The third-order valence-electron chi connectivity index (χ3n) is 3.34. The molecule has 0 aliphatic carbocycles. The van der Waals surface area contributed by atoms with Gasteiger partial charge < -0.3 is 5.73 Å². The number of carbonyl (C=O) groups is 1. The van der Waals surface area contributed by atoms with Gasteiger partial charge in [-0.05, 0) is 24.1 Å². The molecule has 0 radical (unpaired) electrons. The van der Waals surface area contributed by atoms with E-state index in [9.17, 15) is 9.18 Å². The van der Waals surface area contributed by atoms with Gasteiger partial charge in [0.05, 0.1) is 10.6 Å². The molecule has 0 fully saturated rings. The Hall–Kier alpha value is -1.71. The van der Waals surface area contributed by atoms with Gasteiger partial charge in [0.2, 0.25) is 0 Å². The van der Waals surface area contributed by atoms with Crippen LogP contribution in [0.1, 0.15) is 18.1 Å². The largest absolute Gasteiger partial charge is 0.315 e. The monoisotopic (exact) mass is 291 g/mol. The van der Waals surface area contributed by atoms with Crippen molar-refractivity contribution >= 4 is 17.4 Å². The third-order valence-corrected chi connectivity index (χ3v) is 3.63. The Bertz CT molecular complexity index is 626. The summed E-state index contributed by atoms with van der Waals surface area (Å²) in [4.78, 5) is 12.4. The van der Waals surface area contributed by atoms with E-state index >= 15 is 0 Å². The van der Waals surface area contributed by atoms with Gasteiger partial charge in [-0.25, -0.2) is 4.39 Å². The van der Waals surface area contributed by atoms with Gasteiger partial charge in [-0.15, -0.1) is 0 Å². The Labute approximate surface area is 122 Å². The summed E-state index contributed by atoms with van der Waals surface area (Å²) in [5.41, 5.74) is 5.92. The summed E-state index contributed by atoms with van der Waals surface area (Å²) in [5, 5.41) is 0.00809. The van der Waals surface area contributed by atoms with Crippen LogP contribution < -0.4 is 5.73 Å². The molecule has 2 nitrogen and oxygen atoms in total. The van der Waals surface area contributed by atoms with Crippen LogP contribution in [0.2, 0.25) is 5.02 Å². The lowest BCUT2D eigenvalue weighted by molar-refractivity contribution is -0.123. The van der Waals surface area contributed by atoms with Crippen molar-refractivity contribution in [1.82, 2.24) is 0 Å². The summed E-state index contributed by atoms with van der Waals surface area (Å²) >= 11 is 5.71. The lowest BCUT2D eigenvalue weighted by Crippen LogP contribution is -2.42. The van der Waals surface area contributed by atoms with Gasteiger partial charge in [0, 0.05) is 6.42 Å². The summed E-state index contributed by atoms with van der Waals surface area (Å²) < 4.78 is 13.8. The molecule has 0 spiro atoms. The molecule has 2 rings (SSSR count). The summed E-state index contributed by atoms with van der Waals surface area (Å²) in [6.45, 7) is 1.63. The van der Waals surface area contributed by atoms with Crippen molar-refractivity contribution in [2.24, 2.45) is 5.73 Å². The first-order valence-electron chi connectivity index (χ1n) is 6.23. The summed E-state index contributed by atoms with van der Waals surface area (Å²) in [5.74, 6) is -0.823. The van der Waals surface area contributed by atoms with Crippen molar-refractivity contribution in [2.75, 3.05) is 0 Å². The average molecular weight is 292 g/mol. The Morgan fingerprint density at radius 1 is 1.20 bits per heavy atom. The second-order valence-corrected chi connectivity index (χ2v) is 5.29. The Balaban J connectivity index is 2.26. The molecule has 2 aromatic carbocycles. The number of hydrogen-bond donors (Lipinski definition) is 1. The minimum absolute atomic E-state index is 0.00809. The molecular formula is C16H15ClFNO. The van der Waals surface area contributed by atoms with Crippen LogP contribution in [-0.4, -0.2) is 5.78 Å². The molecule has 104 valence electrons. The predicted molar refractivity (Wildman–Crippen MR) is 78.1 cm³/mol. The quantitative estimate of drug-likeness (QED) is 0.937. The first-order valence-corrected chi connectivity index (χ1v) is 6.61. The van der Waals surface area contributed by atoms with E-state index in [1.54, 1.807) is 31.2 Å². The average Bonchev–Trinajstić information content (AvgIpc) is 2.44. The molecule has 4 heteroatoms. The third kappa shape index (κ3) is 2.89. The van der Waals surface area contributed by atoms with Gasteiger partial charge in [0.15, 0.2) is 5.78 Å². The number of nitrogens with two attached hydrogens (primary N) is 1. The number of carbonyl (C=O) groups excluding carboxylic acids is 1. The summed E-state index contributed by atoms with van der Waals surface area (Å²) in [6.07, 6.45) is -0.0890. The van der Waals surface area contributed by atoms with E-state index in [-0.39, 0.29) is 22.8 Å².